The monoisotopic (exact) mass is 394 g/mol. The molecule has 0 aliphatic carbocycles. The molecule has 1 fully saturated rings. The lowest BCUT2D eigenvalue weighted by atomic mass is 9.93. The molecule has 3 rings (SSSR count). The zero-order valence-corrected chi connectivity index (χ0v) is 17.4. The highest BCUT2D eigenvalue weighted by atomic mass is 16.2. The molecule has 0 spiro atoms. The van der Waals surface area contributed by atoms with Crippen LogP contribution in [0.2, 0.25) is 0 Å². The van der Waals surface area contributed by atoms with Crippen molar-refractivity contribution in [3.8, 4) is 0 Å². The molecule has 1 aliphatic heterocycles. The predicted molar refractivity (Wildman–Crippen MR) is 115 cm³/mol. The summed E-state index contributed by atoms with van der Waals surface area (Å²) in [7, 11) is 0. The van der Waals surface area contributed by atoms with Crippen LogP contribution in [0.1, 0.15) is 54.3 Å². The molecule has 2 N–H and O–H groups in total. The Labute approximate surface area is 172 Å². The van der Waals surface area contributed by atoms with Crippen molar-refractivity contribution in [2.24, 2.45) is 5.92 Å². The van der Waals surface area contributed by atoms with E-state index >= 15 is 0 Å². The van der Waals surface area contributed by atoms with Crippen molar-refractivity contribution in [3.63, 3.8) is 0 Å². The summed E-state index contributed by atoms with van der Waals surface area (Å²) in [6, 6.07) is 10.4. The average Bonchev–Trinajstić information content (AvgIpc) is 2.73. The van der Waals surface area contributed by atoms with E-state index in [1.54, 1.807) is 42.6 Å². The molecule has 0 saturated carbocycles. The molecule has 0 bridgehead atoms. The maximum Gasteiger partial charge on any atom is 0.257 e. The summed E-state index contributed by atoms with van der Waals surface area (Å²) in [6.07, 6.45) is 5.61. The van der Waals surface area contributed by atoms with E-state index in [1.807, 2.05) is 0 Å². The Morgan fingerprint density at radius 3 is 2.69 bits per heavy atom. The first kappa shape index (κ1) is 21.0. The molecule has 2 aromatic rings. The predicted octanol–water partition coefficient (Wildman–Crippen LogP) is 3.57. The molecule has 1 unspecified atom stereocenters. The minimum atomic E-state index is -0.254. The van der Waals surface area contributed by atoms with Gasteiger partial charge in [-0.3, -0.25) is 19.5 Å². The number of likely N-dealkylation sites (tertiary alicyclic amines) is 1. The molecular formula is C23H30N4O2. The van der Waals surface area contributed by atoms with Crippen LogP contribution in [-0.4, -0.2) is 46.9 Å². The number of nitrogens with one attached hydrogen (secondary N) is 2. The first-order valence-electron chi connectivity index (χ1n) is 10.2. The Morgan fingerprint density at radius 2 is 1.97 bits per heavy atom. The van der Waals surface area contributed by atoms with Crippen LogP contribution in [0.5, 0.6) is 0 Å². The highest BCUT2D eigenvalue weighted by Crippen LogP contribution is 2.23. The number of amides is 2. The molecule has 6 nitrogen and oxygen atoms in total. The average molecular weight is 395 g/mol. The lowest BCUT2D eigenvalue weighted by Gasteiger charge is -2.43. The molecule has 1 aromatic carbocycles. The number of pyridine rings is 1. The van der Waals surface area contributed by atoms with E-state index in [0.717, 1.165) is 13.1 Å². The van der Waals surface area contributed by atoms with Gasteiger partial charge in [-0.05, 0) is 69.5 Å². The summed E-state index contributed by atoms with van der Waals surface area (Å²) in [5.74, 6) is 0.301. The van der Waals surface area contributed by atoms with E-state index in [1.165, 1.54) is 19.0 Å². The number of nitrogens with zero attached hydrogens (tertiary/aromatic N) is 2. The third-order valence-corrected chi connectivity index (χ3v) is 5.50. The number of aromatic nitrogens is 1. The van der Waals surface area contributed by atoms with Gasteiger partial charge in [-0.15, -0.1) is 0 Å². The van der Waals surface area contributed by atoms with Crippen LogP contribution in [0, 0.1) is 5.92 Å². The third kappa shape index (κ3) is 5.64. The summed E-state index contributed by atoms with van der Waals surface area (Å²) >= 11 is 0. The molecule has 1 atom stereocenters. The fourth-order valence-corrected chi connectivity index (χ4v) is 3.69. The number of carbonyl (C=O) groups is 2. The molecule has 1 aromatic heterocycles. The van der Waals surface area contributed by atoms with Gasteiger partial charge in [0.1, 0.15) is 0 Å². The zero-order valence-electron chi connectivity index (χ0n) is 17.4. The quantitative estimate of drug-likeness (QED) is 0.785. The van der Waals surface area contributed by atoms with Gasteiger partial charge in [0.25, 0.3) is 11.8 Å². The highest BCUT2D eigenvalue weighted by Gasteiger charge is 2.30. The van der Waals surface area contributed by atoms with E-state index in [-0.39, 0.29) is 17.4 Å². The summed E-state index contributed by atoms with van der Waals surface area (Å²) in [4.78, 5) is 31.4. The largest absolute Gasteiger partial charge is 0.350 e. The minimum absolute atomic E-state index is 0.101. The van der Waals surface area contributed by atoms with Crippen molar-refractivity contribution in [1.29, 1.82) is 0 Å². The molecule has 29 heavy (non-hydrogen) atoms. The van der Waals surface area contributed by atoms with Crippen LogP contribution in [0.15, 0.2) is 48.8 Å². The zero-order chi connectivity index (χ0) is 20.9. The van der Waals surface area contributed by atoms with Gasteiger partial charge in [0.2, 0.25) is 0 Å². The first-order valence-corrected chi connectivity index (χ1v) is 10.2. The van der Waals surface area contributed by atoms with Crippen molar-refractivity contribution in [1.82, 2.24) is 15.2 Å². The van der Waals surface area contributed by atoms with E-state index in [4.69, 9.17) is 0 Å². The van der Waals surface area contributed by atoms with Crippen molar-refractivity contribution in [2.75, 3.05) is 25.0 Å². The Balaban J connectivity index is 1.60. The lowest BCUT2D eigenvalue weighted by molar-refractivity contribution is 0.0657. The summed E-state index contributed by atoms with van der Waals surface area (Å²) in [5, 5.41) is 5.88. The second-order valence-electron chi connectivity index (χ2n) is 8.47. The Bertz CT molecular complexity index is 851. The normalized spacial score (nSPS) is 17.6. The molecule has 1 aliphatic rings. The molecule has 0 radical (unpaired) electrons. The summed E-state index contributed by atoms with van der Waals surface area (Å²) in [6.45, 7) is 9.35. The van der Waals surface area contributed by atoms with E-state index in [9.17, 15) is 9.59 Å². The topological polar surface area (TPSA) is 74.3 Å². The summed E-state index contributed by atoms with van der Waals surface area (Å²) < 4.78 is 0. The van der Waals surface area contributed by atoms with E-state index in [2.05, 4.69) is 41.3 Å². The number of anilines is 1. The number of piperidine rings is 1. The Hall–Kier alpha value is -2.73. The maximum atomic E-state index is 12.7. The fraction of sp³-hybridized carbons (Fsp3) is 0.435. The van der Waals surface area contributed by atoms with Crippen LogP contribution >= 0.6 is 0 Å². The molecule has 154 valence electrons. The summed E-state index contributed by atoms with van der Waals surface area (Å²) in [5.41, 5.74) is 1.48. The lowest BCUT2D eigenvalue weighted by Crippen LogP contribution is -2.54. The molecule has 1 saturated heterocycles. The fourth-order valence-electron chi connectivity index (χ4n) is 3.69. The third-order valence-electron chi connectivity index (χ3n) is 5.50. The number of hydrogen-bond acceptors (Lipinski definition) is 4. The number of benzene rings is 1. The van der Waals surface area contributed by atoms with Crippen LogP contribution < -0.4 is 10.6 Å². The SMILES string of the molecule is CC1CCCN(C(C)(C)CNC(=O)c2cccc(NC(=O)c3cccnc3)c2)C1. The van der Waals surface area contributed by atoms with Gasteiger partial charge in [-0.25, -0.2) is 0 Å². The molecular weight excluding hydrogens is 364 g/mol. The number of rotatable bonds is 6. The van der Waals surface area contributed by atoms with Crippen LogP contribution in [0.25, 0.3) is 0 Å². The molecule has 2 heterocycles. The van der Waals surface area contributed by atoms with Crippen molar-refractivity contribution >= 4 is 17.5 Å². The first-order chi connectivity index (χ1) is 13.8. The number of carbonyl (C=O) groups excluding carboxylic acids is 2. The van der Waals surface area contributed by atoms with Crippen LogP contribution in [-0.2, 0) is 0 Å². The van der Waals surface area contributed by atoms with Gasteiger partial charge in [0.15, 0.2) is 0 Å². The number of hydrogen-bond donors (Lipinski definition) is 2. The maximum absolute atomic E-state index is 12.7. The van der Waals surface area contributed by atoms with Gasteiger partial charge in [0.05, 0.1) is 5.56 Å². The smallest absolute Gasteiger partial charge is 0.257 e. The van der Waals surface area contributed by atoms with Crippen LogP contribution in [0.3, 0.4) is 0 Å². The molecule has 2 amide bonds. The minimum Gasteiger partial charge on any atom is -0.350 e. The van der Waals surface area contributed by atoms with Gasteiger partial charge in [0, 0.05) is 42.3 Å². The van der Waals surface area contributed by atoms with Gasteiger partial charge >= 0.3 is 0 Å². The Kier molecular flexibility index (Phi) is 6.64. The second-order valence-corrected chi connectivity index (χ2v) is 8.47. The van der Waals surface area contributed by atoms with E-state index < -0.39 is 0 Å². The van der Waals surface area contributed by atoms with Gasteiger partial charge in [-0.2, -0.15) is 0 Å². The van der Waals surface area contributed by atoms with E-state index in [0.29, 0.717) is 29.3 Å². The van der Waals surface area contributed by atoms with Gasteiger partial charge in [-0.1, -0.05) is 13.0 Å². The Morgan fingerprint density at radius 1 is 1.17 bits per heavy atom. The highest BCUT2D eigenvalue weighted by molar-refractivity contribution is 6.04. The van der Waals surface area contributed by atoms with Crippen molar-refractivity contribution in [3.05, 3.63) is 59.9 Å². The molecule has 6 heteroatoms. The standard InChI is InChI=1S/C23H30N4O2/c1-17-7-6-12-27(15-17)23(2,3)16-25-21(28)18-8-4-10-20(13-18)26-22(29)19-9-5-11-24-14-19/h4-5,8-11,13-14,17H,6-7,12,15-16H2,1-3H3,(H,25,28)(H,26,29). The van der Waals surface area contributed by atoms with Crippen molar-refractivity contribution in [2.45, 2.75) is 39.2 Å². The second kappa shape index (κ2) is 9.18. The van der Waals surface area contributed by atoms with Crippen molar-refractivity contribution < 1.29 is 9.59 Å². The van der Waals surface area contributed by atoms with Crippen LogP contribution in [0.4, 0.5) is 5.69 Å². The van der Waals surface area contributed by atoms with Gasteiger partial charge < -0.3 is 10.6 Å².